The van der Waals surface area contributed by atoms with Crippen molar-refractivity contribution in [3.63, 3.8) is 0 Å². The van der Waals surface area contributed by atoms with Crippen LogP contribution in [0.5, 0.6) is 0 Å². The van der Waals surface area contributed by atoms with Gasteiger partial charge in [0, 0.05) is 18.5 Å². The van der Waals surface area contributed by atoms with Crippen LogP contribution >= 0.6 is 11.3 Å². The number of benzene rings is 1. The Morgan fingerprint density at radius 1 is 1.33 bits per heavy atom. The molecule has 1 heterocycles. The van der Waals surface area contributed by atoms with Crippen LogP contribution in [0.2, 0.25) is 0 Å². The van der Waals surface area contributed by atoms with Gasteiger partial charge in [-0.1, -0.05) is 30.3 Å². The van der Waals surface area contributed by atoms with E-state index in [-0.39, 0.29) is 12.1 Å². The fourth-order valence-electron chi connectivity index (χ4n) is 1.89. The van der Waals surface area contributed by atoms with Crippen LogP contribution in [0.1, 0.15) is 24.3 Å². The number of amides is 2. The molecule has 21 heavy (non-hydrogen) atoms. The van der Waals surface area contributed by atoms with Crippen molar-refractivity contribution >= 4 is 17.4 Å². The zero-order chi connectivity index (χ0) is 14.9. The lowest BCUT2D eigenvalue weighted by molar-refractivity contribution is 0.0639. The van der Waals surface area contributed by atoms with Crippen LogP contribution in [-0.2, 0) is 11.3 Å². The Bertz CT molecular complexity index is 531. The molecule has 0 aliphatic carbocycles. The second-order valence-corrected chi connectivity index (χ2v) is 5.12. The van der Waals surface area contributed by atoms with Gasteiger partial charge in [-0.3, -0.25) is 0 Å². The highest BCUT2D eigenvalue weighted by molar-refractivity contribution is 7.07. The van der Waals surface area contributed by atoms with Gasteiger partial charge in [-0.2, -0.15) is 0 Å². The second kappa shape index (κ2) is 8.39. The summed E-state index contributed by atoms with van der Waals surface area (Å²) in [5.41, 5.74) is 3.66. The molecule has 1 aromatic heterocycles. The van der Waals surface area contributed by atoms with Crippen molar-refractivity contribution in [2.24, 2.45) is 0 Å². The lowest BCUT2D eigenvalue weighted by Crippen LogP contribution is -2.38. The summed E-state index contributed by atoms with van der Waals surface area (Å²) in [5, 5.41) is 7.51. The van der Waals surface area contributed by atoms with E-state index in [1.54, 1.807) is 5.51 Å². The van der Waals surface area contributed by atoms with E-state index >= 15 is 0 Å². The normalized spacial score (nSPS) is 11.9. The predicted octanol–water partition coefficient (Wildman–Crippen LogP) is 2.72. The zero-order valence-corrected chi connectivity index (χ0v) is 12.7. The summed E-state index contributed by atoms with van der Waals surface area (Å²) < 4.78 is 5.68. The zero-order valence-electron chi connectivity index (χ0n) is 11.9. The van der Waals surface area contributed by atoms with Crippen molar-refractivity contribution in [3.8, 4) is 0 Å². The van der Waals surface area contributed by atoms with Crippen LogP contribution in [0, 0.1) is 0 Å². The molecule has 0 radical (unpaired) electrons. The van der Waals surface area contributed by atoms with Crippen molar-refractivity contribution in [1.29, 1.82) is 0 Å². The van der Waals surface area contributed by atoms with Crippen LogP contribution in [0.3, 0.4) is 0 Å². The number of rotatable bonds is 7. The molecule has 0 bridgehead atoms. The van der Waals surface area contributed by atoms with Gasteiger partial charge in [-0.25, -0.2) is 9.78 Å². The Balaban J connectivity index is 1.80. The Morgan fingerprint density at radius 3 is 2.81 bits per heavy atom. The van der Waals surface area contributed by atoms with E-state index in [1.807, 2.05) is 42.6 Å². The van der Waals surface area contributed by atoms with Gasteiger partial charge in [-0.05, 0) is 12.5 Å². The highest BCUT2D eigenvalue weighted by Gasteiger charge is 2.12. The maximum atomic E-state index is 11.8. The van der Waals surface area contributed by atoms with Crippen molar-refractivity contribution in [3.05, 3.63) is 52.5 Å². The molecule has 0 aliphatic rings. The van der Waals surface area contributed by atoms with Crippen LogP contribution in [0.15, 0.2) is 41.2 Å². The van der Waals surface area contributed by atoms with Crippen molar-refractivity contribution in [2.75, 3.05) is 13.2 Å². The van der Waals surface area contributed by atoms with Gasteiger partial charge in [0.05, 0.1) is 23.9 Å². The number of carbonyl (C=O) groups excluding carboxylic acids is 1. The van der Waals surface area contributed by atoms with Gasteiger partial charge in [0.1, 0.15) is 0 Å². The Labute approximate surface area is 128 Å². The van der Waals surface area contributed by atoms with Gasteiger partial charge in [0.15, 0.2) is 0 Å². The SMILES string of the molecule is CCO[C@@H](CNC(=O)NCc1cscn1)c1ccccc1. The van der Waals surface area contributed by atoms with E-state index in [9.17, 15) is 4.79 Å². The number of urea groups is 1. The number of nitrogens with one attached hydrogen (secondary N) is 2. The fourth-order valence-corrected chi connectivity index (χ4v) is 2.44. The maximum Gasteiger partial charge on any atom is 0.315 e. The second-order valence-electron chi connectivity index (χ2n) is 4.40. The summed E-state index contributed by atoms with van der Waals surface area (Å²) >= 11 is 1.51. The Kier molecular flexibility index (Phi) is 6.18. The minimum absolute atomic E-state index is 0.138. The van der Waals surface area contributed by atoms with E-state index in [4.69, 9.17) is 4.74 Å². The van der Waals surface area contributed by atoms with Gasteiger partial charge in [0.2, 0.25) is 0 Å². The average molecular weight is 305 g/mol. The molecule has 5 nitrogen and oxygen atoms in total. The number of hydrogen-bond donors (Lipinski definition) is 2. The van der Waals surface area contributed by atoms with Crippen molar-refractivity contribution in [1.82, 2.24) is 15.6 Å². The number of nitrogens with zero attached hydrogens (tertiary/aromatic N) is 1. The van der Waals surface area contributed by atoms with Gasteiger partial charge in [0.25, 0.3) is 0 Å². The molecule has 2 amide bonds. The molecule has 2 N–H and O–H groups in total. The molecule has 0 unspecified atom stereocenters. The first-order valence-corrected chi connectivity index (χ1v) is 7.79. The standard InChI is InChI=1S/C15H19N3O2S/c1-2-20-14(12-6-4-3-5-7-12)9-17-15(19)16-8-13-10-21-11-18-13/h3-7,10-11,14H,2,8-9H2,1H3,(H2,16,17,19)/t14-/m0/s1. The molecule has 112 valence electrons. The summed E-state index contributed by atoms with van der Waals surface area (Å²) in [7, 11) is 0. The Hall–Kier alpha value is -1.92. The first-order valence-electron chi connectivity index (χ1n) is 6.85. The smallest absolute Gasteiger partial charge is 0.315 e. The molecular weight excluding hydrogens is 286 g/mol. The van der Waals surface area contributed by atoms with E-state index in [0.717, 1.165) is 11.3 Å². The van der Waals surface area contributed by atoms with Crippen molar-refractivity contribution < 1.29 is 9.53 Å². The summed E-state index contributed by atoms with van der Waals surface area (Å²) in [5.74, 6) is 0. The first kappa shape index (κ1) is 15.5. The average Bonchev–Trinajstić information content (AvgIpc) is 3.03. The quantitative estimate of drug-likeness (QED) is 0.826. The lowest BCUT2D eigenvalue weighted by atomic mass is 10.1. The van der Waals surface area contributed by atoms with Crippen molar-refractivity contribution in [2.45, 2.75) is 19.6 Å². The molecule has 0 fully saturated rings. The predicted molar refractivity (Wildman–Crippen MR) is 83.2 cm³/mol. The Morgan fingerprint density at radius 2 is 2.14 bits per heavy atom. The number of thiazole rings is 1. The molecule has 0 spiro atoms. The van der Waals surface area contributed by atoms with Crippen LogP contribution in [0.25, 0.3) is 0 Å². The molecule has 6 heteroatoms. The first-order chi connectivity index (χ1) is 10.3. The highest BCUT2D eigenvalue weighted by Crippen LogP contribution is 2.15. The third kappa shape index (κ3) is 5.17. The molecule has 0 saturated carbocycles. The van der Waals surface area contributed by atoms with Crippen LogP contribution in [0.4, 0.5) is 4.79 Å². The third-order valence-electron chi connectivity index (χ3n) is 2.90. The summed E-state index contributed by atoms with van der Waals surface area (Å²) in [6, 6.07) is 9.65. The molecular formula is C15H19N3O2S. The number of carbonyl (C=O) groups is 1. The van der Waals surface area contributed by atoms with E-state index in [0.29, 0.717) is 19.7 Å². The molecule has 2 rings (SSSR count). The molecule has 1 atom stereocenters. The molecule has 0 aliphatic heterocycles. The molecule has 2 aromatic rings. The summed E-state index contributed by atoms with van der Waals surface area (Å²) in [6.45, 7) is 3.40. The van der Waals surface area contributed by atoms with E-state index in [1.165, 1.54) is 11.3 Å². The van der Waals surface area contributed by atoms with E-state index < -0.39 is 0 Å². The maximum absolute atomic E-state index is 11.8. The van der Waals surface area contributed by atoms with Crippen LogP contribution < -0.4 is 10.6 Å². The highest BCUT2D eigenvalue weighted by atomic mass is 32.1. The minimum atomic E-state index is -0.219. The minimum Gasteiger partial charge on any atom is -0.372 e. The molecule has 1 aromatic carbocycles. The van der Waals surface area contributed by atoms with Gasteiger partial charge < -0.3 is 15.4 Å². The number of ether oxygens (including phenoxy) is 1. The summed E-state index contributed by atoms with van der Waals surface area (Å²) in [6.07, 6.45) is -0.138. The number of aromatic nitrogens is 1. The largest absolute Gasteiger partial charge is 0.372 e. The van der Waals surface area contributed by atoms with Gasteiger partial charge >= 0.3 is 6.03 Å². The van der Waals surface area contributed by atoms with Gasteiger partial charge in [-0.15, -0.1) is 11.3 Å². The lowest BCUT2D eigenvalue weighted by Gasteiger charge is -2.18. The third-order valence-corrected chi connectivity index (χ3v) is 3.54. The monoisotopic (exact) mass is 305 g/mol. The summed E-state index contributed by atoms with van der Waals surface area (Å²) in [4.78, 5) is 15.9. The van der Waals surface area contributed by atoms with E-state index in [2.05, 4.69) is 15.6 Å². The fraction of sp³-hybridized carbons (Fsp3) is 0.333. The molecule has 0 saturated heterocycles. The van der Waals surface area contributed by atoms with Crippen LogP contribution in [-0.4, -0.2) is 24.2 Å². The number of hydrogen-bond acceptors (Lipinski definition) is 4. The topological polar surface area (TPSA) is 63.2 Å².